The van der Waals surface area contributed by atoms with Crippen molar-refractivity contribution in [1.82, 2.24) is 9.88 Å². The van der Waals surface area contributed by atoms with Crippen LogP contribution < -0.4 is 5.32 Å². The van der Waals surface area contributed by atoms with Crippen LogP contribution in [0.3, 0.4) is 0 Å². The van der Waals surface area contributed by atoms with E-state index in [0.717, 1.165) is 32.1 Å². The minimum atomic E-state index is -0.778. The van der Waals surface area contributed by atoms with Crippen molar-refractivity contribution in [3.63, 3.8) is 0 Å². The van der Waals surface area contributed by atoms with Gasteiger partial charge in [0.25, 0.3) is 5.91 Å². The topological polar surface area (TPSA) is 71.3 Å². The summed E-state index contributed by atoms with van der Waals surface area (Å²) < 4.78 is 2.00. The van der Waals surface area contributed by atoms with Crippen molar-refractivity contribution in [2.24, 2.45) is 5.41 Å². The van der Waals surface area contributed by atoms with E-state index in [-0.39, 0.29) is 12.5 Å². The van der Waals surface area contributed by atoms with Crippen molar-refractivity contribution in [3.05, 3.63) is 24.0 Å². The van der Waals surface area contributed by atoms with E-state index >= 15 is 0 Å². The minimum absolute atomic E-state index is 0.155. The standard InChI is InChI=1S/C16H22N2O3/c19-14(13-5-4-10-18(13)12-6-7-12)17-11-16(15(20)21)8-2-1-3-9-16/h4-5,10,12H,1-3,6-9,11H2,(H,17,19)(H,20,21). The summed E-state index contributed by atoms with van der Waals surface area (Å²) in [6.07, 6.45) is 8.44. The number of carboxylic acids is 1. The number of carbonyl (C=O) groups excluding carboxylic acids is 1. The second-order valence-electron chi connectivity index (χ2n) is 6.36. The Kier molecular flexibility index (Phi) is 3.74. The Balaban J connectivity index is 1.66. The molecule has 0 bridgehead atoms. The fraction of sp³-hybridized carbons (Fsp3) is 0.625. The van der Waals surface area contributed by atoms with Crippen LogP contribution >= 0.6 is 0 Å². The molecule has 1 aromatic rings. The van der Waals surface area contributed by atoms with Gasteiger partial charge in [-0.2, -0.15) is 0 Å². The first-order chi connectivity index (χ1) is 10.1. The number of nitrogens with one attached hydrogen (secondary N) is 1. The molecule has 21 heavy (non-hydrogen) atoms. The highest BCUT2D eigenvalue weighted by Gasteiger charge is 2.40. The normalized spacial score (nSPS) is 21.0. The molecule has 2 saturated carbocycles. The summed E-state index contributed by atoms with van der Waals surface area (Å²) >= 11 is 0. The van der Waals surface area contributed by atoms with Crippen LogP contribution in [0.5, 0.6) is 0 Å². The molecule has 2 aliphatic rings. The van der Waals surface area contributed by atoms with Gasteiger partial charge in [0.15, 0.2) is 0 Å². The SMILES string of the molecule is O=C(NCC1(C(=O)O)CCCCC1)c1cccn1C1CC1. The molecule has 114 valence electrons. The Bertz CT molecular complexity index is 539. The Morgan fingerprint density at radius 3 is 2.62 bits per heavy atom. The van der Waals surface area contributed by atoms with Gasteiger partial charge < -0.3 is 15.0 Å². The Morgan fingerprint density at radius 1 is 1.29 bits per heavy atom. The van der Waals surface area contributed by atoms with E-state index in [2.05, 4.69) is 5.32 Å². The zero-order chi connectivity index (χ0) is 14.9. The van der Waals surface area contributed by atoms with Crippen molar-refractivity contribution >= 4 is 11.9 Å². The van der Waals surface area contributed by atoms with Crippen molar-refractivity contribution in [3.8, 4) is 0 Å². The van der Waals surface area contributed by atoms with E-state index in [1.807, 2.05) is 22.9 Å². The van der Waals surface area contributed by atoms with Crippen LogP contribution in [0.1, 0.15) is 61.5 Å². The molecule has 2 N–H and O–H groups in total. The third-order valence-electron chi connectivity index (χ3n) is 4.80. The molecule has 2 aliphatic carbocycles. The number of amides is 1. The van der Waals surface area contributed by atoms with Gasteiger partial charge in [0, 0.05) is 18.8 Å². The molecule has 3 rings (SSSR count). The molecule has 5 nitrogen and oxygen atoms in total. The zero-order valence-corrected chi connectivity index (χ0v) is 12.2. The molecule has 0 saturated heterocycles. The third-order valence-corrected chi connectivity index (χ3v) is 4.80. The van der Waals surface area contributed by atoms with Gasteiger partial charge in [0.1, 0.15) is 5.69 Å². The first-order valence-electron chi connectivity index (χ1n) is 7.81. The van der Waals surface area contributed by atoms with Crippen LogP contribution in [0.4, 0.5) is 0 Å². The van der Waals surface area contributed by atoms with Crippen LogP contribution in [0.25, 0.3) is 0 Å². The van der Waals surface area contributed by atoms with Crippen LogP contribution in [0.15, 0.2) is 18.3 Å². The number of rotatable bonds is 5. The molecular weight excluding hydrogens is 268 g/mol. The molecular formula is C16H22N2O3. The van der Waals surface area contributed by atoms with Crippen LogP contribution in [0, 0.1) is 5.41 Å². The van der Waals surface area contributed by atoms with E-state index in [9.17, 15) is 14.7 Å². The Labute approximate surface area is 124 Å². The van der Waals surface area contributed by atoms with Gasteiger partial charge in [0.05, 0.1) is 5.41 Å². The van der Waals surface area contributed by atoms with Gasteiger partial charge in [-0.3, -0.25) is 9.59 Å². The monoisotopic (exact) mass is 290 g/mol. The van der Waals surface area contributed by atoms with E-state index in [1.54, 1.807) is 0 Å². The lowest BCUT2D eigenvalue weighted by Crippen LogP contribution is -2.44. The number of aliphatic carboxylic acids is 1. The van der Waals surface area contributed by atoms with Gasteiger partial charge in [0.2, 0.25) is 0 Å². The summed E-state index contributed by atoms with van der Waals surface area (Å²) in [6.45, 7) is 0.233. The highest BCUT2D eigenvalue weighted by Crippen LogP contribution is 2.37. The van der Waals surface area contributed by atoms with E-state index in [0.29, 0.717) is 24.6 Å². The highest BCUT2D eigenvalue weighted by atomic mass is 16.4. The van der Waals surface area contributed by atoms with Gasteiger partial charge in [-0.1, -0.05) is 19.3 Å². The lowest BCUT2D eigenvalue weighted by Gasteiger charge is -2.33. The second-order valence-corrected chi connectivity index (χ2v) is 6.36. The van der Waals surface area contributed by atoms with E-state index < -0.39 is 11.4 Å². The van der Waals surface area contributed by atoms with Crippen LogP contribution in [-0.2, 0) is 4.79 Å². The van der Waals surface area contributed by atoms with E-state index in [4.69, 9.17) is 0 Å². The summed E-state index contributed by atoms with van der Waals surface area (Å²) in [7, 11) is 0. The van der Waals surface area contributed by atoms with Crippen LogP contribution in [-0.4, -0.2) is 28.1 Å². The van der Waals surface area contributed by atoms with Crippen LogP contribution in [0.2, 0.25) is 0 Å². The summed E-state index contributed by atoms with van der Waals surface area (Å²) in [4.78, 5) is 23.9. The minimum Gasteiger partial charge on any atom is -0.481 e. The largest absolute Gasteiger partial charge is 0.481 e. The molecule has 0 radical (unpaired) electrons. The van der Waals surface area contributed by atoms with Crippen molar-refractivity contribution in [2.45, 2.75) is 51.0 Å². The maximum absolute atomic E-state index is 12.3. The predicted molar refractivity (Wildman–Crippen MR) is 78.2 cm³/mol. The maximum atomic E-state index is 12.3. The predicted octanol–water partition coefficient (Wildman–Crippen LogP) is 2.59. The van der Waals surface area contributed by atoms with Crippen molar-refractivity contribution in [2.75, 3.05) is 6.54 Å². The highest BCUT2D eigenvalue weighted by molar-refractivity contribution is 5.93. The quantitative estimate of drug-likeness (QED) is 0.875. The fourth-order valence-electron chi connectivity index (χ4n) is 3.29. The number of hydrogen-bond acceptors (Lipinski definition) is 2. The first kappa shape index (κ1) is 14.2. The number of hydrogen-bond donors (Lipinski definition) is 2. The van der Waals surface area contributed by atoms with Gasteiger partial charge in [-0.05, 0) is 37.8 Å². The molecule has 1 aromatic heterocycles. The lowest BCUT2D eigenvalue weighted by molar-refractivity contribution is -0.150. The second kappa shape index (κ2) is 5.54. The summed E-state index contributed by atoms with van der Waals surface area (Å²) in [6, 6.07) is 4.13. The van der Waals surface area contributed by atoms with Gasteiger partial charge in [-0.25, -0.2) is 0 Å². The summed E-state index contributed by atoms with van der Waals surface area (Å²) in [5, 5.41) is 12.4. The summed E-state index contributed by atoms with van der Waals surface area (Å²) in [5.41, 5.74) is -0.126. The third kappa shape index (κ3) is 2.82. The van der Waals surface area contributed by atoms with E-state index in [1.165, 1.54) is 0 Å². The van der Waals surface area contributed by atoms with Gasteiger partial charge >= 0.3 is 5.97 Å². The average Bonchev–Trinajstić information content (AvgIpc) is 3.22. The maximum Gasteiger partial charge on any atom is 0.311 e. The summed E-state index contributed by atoms with van der Waals surface area (Å²) in [5.74, 6) is -0.932. The molecule has 1 heterocycles. The van der Waals surface area contributed by atoms with Gasteiger partial charge in [-0.15, -0.1) is 0 Å². The number of carbonyl (C=O) groups is 2. The zero-order valence-electron chi connectivity index (χ0n) is 12.2. The molecule has 0 unspecified atom stereocenters. The molecule has 5 heteroatoms. The molecule has 0 atom stereocenters. The number of carboxylic acid groups (broad SMARTS) is 1. The molecule has 0 aliphatic heterocycles. The Morgan fingerprint density at radius 2 is 2.00 bits per heavy atom. The lowest BCUT2D eigenvalue weighted by atomic mass is 9.74. The average molecular weight is 290 g/mol. The van der Waals surface area contributed by atoms with Crippen molar-refractivity contribution < 1.29 is 14.7 Å². The smallest absolute Gasteiger partial charge is 0.311 e. The number of aromatic nitrogens is 1. The number of nitrogens with zero attached hydrogens (tertiary/aromatic N) is 1. The molecule has 0 spiro atoms. The first-order valence-corrected chi connectivity index (χ1v) is 7.81. The van der Waals surface area contributed by atoms with Crippen molar-refractivity contribution in [1.29, 1.82) is 0 Å². The fourth-order valence-corrected chi connectivity index (χ4v) is 3.29. The molecule has 2 fully saturated rings. The molecule has 0 aromatic carbocycles. The molecule has 1 amide bonds. The Hall–Kier alpha value is -1.78.